The molecule has 2 N–H and O–H groups in total. The van der Waals surface area contributed by atoms with Crippen LogP contribution in [0, 0.1) is 0 Å². The molecular formula is C36H46Cl2N6O4. The first-order chi connectivity index (χ1) is 22.7. The van der Waals surface area contributed by atoms with Crippen molar-refractivity contribution in [1.82, 2.24) is 24.7 Å². The fourth-order valence-electron chi connectivity index (χ4n) is 6.42. The maximum Gasteiger partial charge on any atom is 0.326 e. The summed E-state index contributed by atoms with van der Waals surface area (Å²) in [5.41, 5.74) is -0.141. The Morgan fingerprint density at radius 2 is 1.56 bits per heavy atom. The van der Waals surface area contributed by atoms with E-state index in [0.29, 0.717) is 78.9 Å². The number of ether oxygens (including phenoxy) is 1. The van der Waals surface area contributed by atoms with Gasteiger partial charge in [-0.25, -0.2) is 9.78 Å². The first kappa shape index (κ1) is 36.0. The zero-order chi connectivity index (χ0) is 34.9. The standard InChI is InChI=1S/C36H46Cl2N6O4/c1-7-48-31-29(22-39-32(40-31)34(2,3)4)30-41-35(5,24-8-12-26(37)13-9-24)36(6,25-10-14-27(38)15-11-25)44(30)33(47)43-20-18-42(19-21-43)17-16-28(46)23-45/h8-15,22,28,45-46H,7,16-21,23H2,1-6H3. The van der Waals surface area contributed by atoms with E-state index >= 15 is 4.79 Å². The summed E-state index contributed by atoms with van der Waals surface area (Å²) in [6, 6.07) is 14.9. The van der Waals surface area contributed by atoms with Gasteiger partial charge in [-0.2, -0.15) is 4.98 Å². The number of halogens is 2. The molecule has 0 spiro atoms. The smallest absolute Gasteiger partial charge is 0.326 e. The normalized spacial score (nSPS) is 22.5. The van der Waals surface area contributed by atoms with Crippen molar-refractivity contribution in [2.75, 3.05) is 45.9 Å². The number of piperazine rings is 1. The molecule has 3 heterocycles. The van der Waals surface area contributed by atoms with Crippen LogP contribution in [0.1, 0.15) is 70.5 Å². The summed E-state index contributed by atoms with van der Waals surface area (Å²) in [5.74, 6) is 1.39. The number of carbonyl (C=O) groups is 1. The molecule has 3 aromatic rings. The number of aliphatic hydroxyl groups is 2. The second-order valence-corrected chi connectivity index (χ2v) is 14.6. The maximum absolute atomic E-state index is 15.1. The number of amidine groups is 1. The monoisotopic (exact) mass is 696 g/mol. The summed E-state index contributed by atoms with van der Waals surface area (Å²) in [7, 11) is 0. The Hall–Kier alpha value is -3.28. The molecule has 258 valence electrons. The summed E-state index contributed by atoms with van der Waals surface area (Å²) in [4.78, 5) is 36.0. The molecule has 1 fully saturated rings. The van der Waals surface area contributed by atoms with Gasteiger partial charge < -0.3 is 19.8 Å². The molecule has 48 heavy (non-hydrogen) atoms. The van der Waals surface area contributed by atoms with Gasteiger partial charge >= 0.3 is 6.03 Å². The minimum absolute atomic E-state index is 0.207. The second-order valence-electron chi connectivity index (χ2n) is 13.8. The van der Waals surface area contributed by atoms with Crippen molar-refractivity contribution >= 4 is 35.1 Å². The number of hydrogen-bond donors (Lipinski definition) is 2. The third-order valence-electron chi connectivity index (χ3n) is 9.52. The predicted molar refractivity (Wildman–Crippen MR) is 189 cm³/mol. The zero-order valence-electron chi connectivity index (χ0n) is 28.6. The average molecular weight is 698 g/mol. The van der Waals surface area contributed by atoms with Gasteiger partial charge in [0, 0.05) is 54.4 Å². The number of aliphatic imine (C=N–C) groups is 1. The molecule has 5 rings (SSSR count). The Morgan fingerprint density at radius 3 is 2.10 bits per heavy atom. The van der Waals surface area contributed by atoms with Crippen LogP contribution in [0.3, 0.4) is 0 Å². The molecule has 2 aliphatic heterocycles. The van der Waals surface area contributed by atoms with E-state index in [4.69, 9.17) is 42.9 Å². The number of amides is 2. The van der Waals surface area contributed by atoms with Crippen molar-refractivity contribution in [3.63, 3.8) is 0 Å². The number of aromatic nitrogens is 2. The lowest BCUT2D eigenvalue weighted by molar-refractivity contribution is 0.0624. The van der Waals surface area contributed by atoms with Crippen molar-refractivity contribution in [3.8, 4) is 5.88 Å². The van der Waals surface area contributed by atoms with Crippen LogP contribution in [0.2, 0.25) is 10.0 Å². The largest absolute Gasteiger partial charge is 0.477 e. The van der Waals surface area contributed by atoms with Gasteiger partial charge in [-0.3, -0.25) is 14.8 Å². The third-order valence-corrected chi connectivity index (χ3v) is 10.0. The number of rotatable bonds is 9. The summed E-state index contributed by atoms with van der Waals surface area (Å²) in [6.07, 6.45) is 1.43. The number of aliphatic hydroxyl groups excluding tert-OH is 2. The fraction of sp³-hybridized carbons (Fsp3) is 0.500. The van der Waals surface area contributed by atoms with Crippen LogP contribution < -0.4 is 4.74 Å². The second kappa shape index (κ2) is 14.3. The van der Waals surface area contributed by atoms with Gasteiger partial charge in [-0.05, 0) is 62.6 Å². The highest BCUT2D eigenvalue weighted by molar-refractivity contribution is 6.30. The van der Waals surface area contributed by atoms with Gasteiger partial charge in [0.05, 0.1) is 24.9 Å². The highest BCUT2D eigenvalue weighted by Gasteiger charge is 2.60. The molecule has 3 unspecified atom stereocenters. The summed E-state index contributed by atoms with van der Waals surface area (Å²) < 4.78 is 6.14. The summed E-state index contributed by atoms with van der Waals surface area (Å²) >= 11 is 12.7. The minimum atomic E-state index is -1.05. The maximum atomic E-state index is 15.1. The lowest BCUT2D eigenvalue weighted by Crippen LogP contribution is -2.60. The van der Waals surface area contributed by atoms with Crippen LogP contribution >= 0.6 is 23.2 Å². The minimum Gasteiger partial charge on any atom is -0.477 e. The fourth-order valence-corrected chi connectivity index (χ4v) is 6.67. The van der Waals surface area contributed by atoms with E-state index in [-0.39, 0.29) is 18.1 Å². The van der Waals surface area contributed by atoms with Crippen molar-refractivity contribution in [2.24, 2.45) is 4.99 Å². The third kappa shape index (κ3) is 6.91. The SMILES string of the molecule is CCOc1nc(C(C)(C)C)ncc1C1=NC(C)(c2ccc(Cl)cc2)C(C)(c2ccc(Cl)cc2)N1C(=O)N1CCN(CCC(O)CO)CC1. The van der Waals surface area contributed by atoms with Crippen molar-refractivity contribution in [1.29, 1.82) is 0 Å². The number of nitrogens with zero attached hydrogens (tertiary/aromatic N) is 6. The first-order valence-electron chi connectivity index (χ1n) is 16.5. The molecule has 2 amide bonds. The van der Waals surface area contributed by atoms with Crippen LogP contribution in [-0.4, -0.2) is 98.8 Å². The van der Waals surface area contributed by atoms with E-state index < -0.39 is 17.2 Å². The quantitative estimate of drug-likeness (QED) is 0.288. The molecule has 3 atom stereocenters. The Balaban J connectivity index is 1.67. The predicted octanol–water partition coefficient (Wildman–Crippen LogP) is 5.85. The Bertz CT molecular complexity index is 1620. The Morgan fingerprint density at radius 1 is 0.979 bits per heavy atom. The van der Waals surface area contributed by atoms with Crippen LogP contribution in [0.4, 0.5) is 4.79 Å². The van der Waals surface area contributed by atoms with Gasteiger partial charge in [-0.15, -0.1) is 0 Å². The number of carbonyl (C=O) groups excluding carboxylic acids is 1. The molecule has 2 aliphatic rings. The molecule has 2 aromatic carbocycles. The van der Waals surface area contributed by atoms with Crippen LogP contribution in [-0.2, 0) is 16.5 Å². The van der Waals surface area contributed by atoms with E-state index in [1.807, 2.05) is 95.0 Å². The van der Waals surface area contributed by atoms with Gasteiger partial charge in [0.1, 0.15) is 22.7 Å². The highest BCUT2D eigenvalue weighted by Crippen LogP contribution is 2.54. The number of hydrogen-bond acceptors (Lipinski definition) is 8. The molecular weight excluding hydrogens is 651 g/mol. The molecule has 10 nitrogen and oxygen atoms in total. The van der Waals surface area contributed by atoms with E-state index in [9.17, 15) is 10.2 Å². The number of urea groups is 1. The van der Waals surface area contributed by atoms with Crippen LogP contribution in [0.15, 0.2) is 59.7 Å². The Labute approximate surface area is 293 Å². The van der Waals surface area contributed by atoms with Crippen molar-refractivity contribution in [2.45, 2.75) is 70.6 Å². The van der Waals surface area contributed by atoms with Gasteiger partial charge in [0.25, 0.3) is 0 Å². The first-order valence-corrected chi connectivity index (χ1v) is 17.2. The van der Waals surface area contributed by atoms with Crippen molar-refractivity contribution in [3.05, 3.63) is 87.3 Å². The van der Waals surface area contributed by atoms with Gasteiger partial charge in [0.15, 0.2) is 0 Å². The van der Waals surface area contributed by atoms with Gasteiger partial charge in [-0.1, -0.05) is 68.2 Å². The van der Waals surface area contributed by atoms with Gasteiger partial charge in [0.2, 0.25) is 5.88 Å². The summed E-state index contributed by atoms with van der Waals surface area (Å²) in [6.45, 7) is 15.0. The molecule has 0 radical (unpaired) electrons. The van der Waals surface area contributed by atoms with E-state index in [2.05, 4.69) is 4.90 Å². The van der Waals surface area contributed by atoms with E-state index in [1.165, 1.54) is 0 Å². The van der Waals surface area contributed by atoms with E-state index in [0.717, 1.165) is 11.1 Å². The lowest BCUT2D eigenvalue weighted by atomic mass is 9.71. The molecule has 1 aromatic heterocycles. The number of benzene rings is 2. The molecule has 1 saturated heterocycles. The Kier molecular flexibility index (Phi) is 10.7. The molecule has 12 heteroatoms. The highest BCUT2D eigenvalue weighted by atomic mass is 35.5. The van der Waals surface area contributed by atoms with Crippen LogP contribution in [0.25, 0.3) is 0 Å². The van der Waals surface area contributed by atoms with E-state index in [1.54, 1.807) is 11.1 Å². The molecule has 0 bridgehead atoms. The van der Waals surface area contributed by atoms with Crippen LogP contribution in [0.5, 0.6) is 5.88 Å². The topological polar surface area (TPSA) is 115 Å². The summed E-state index contributed by atoms with van der Waals surface area (Å²) in [5, 5.41) is 20.3. The zero-order valence-corrected chi connectivity index (χ0v) is 30.1. The van der Waals surface area contributed by atoms with Crippen molar-refractivity contribution < 1.29 is 19.7 Å². The average Bonchev–Trinajstić information content (AvgIpc) is 3.31. The molecule has 0 saturated carbocycles. The lowest BCUT2D eigenvalue weighted by Gasteiger charge is -2.47. The molecule has 0 aliphatic carbocycles.